The van der Waals surface area contributed by atoms with Crippen molar-refractivity contribution in [1.82, 2.24) is 0 Å². The Morgan fingerprint density at radius 3 is 1.55 bits per heavy atom. The second-order valence-electron chi connectivity index (χ2n) is 5.47. The molecule has 0 bridgehead atoms. The fourth-order valence-corrected chi connectivity index (χ4v) is 1.98. The molecule has 0 atom stereocenters. The molecule has 0 aliphatic carbocycles. The Morgan fingerprint density at radius 1 is 0.750 bits per heavy atom. The van der Waals surface area contributed by atoms with Gasteiger partial charge in [-0.15, -0.1) is 0 Å². The van der Waals surface area contributed by atoms with Gasteiger partial charge in [0.15, 0.2) is 0 Å². The maximum atomic E-state index is 10.1. The molecule has 0 unspecified atom stereocenters. The van der Waals surface area contributed by atoms with E-state index in [-0.39, 0.29) is 0 Å². The van der Waals surface area contributed by atoms with E-state index in [0.29, 0.717) is 6.42 Å². The Hall–Kier alpha value is -0.570. The van der Waals surface area contributed by atoms with Crippen LogP contribution in [0.15, 0.2) is 0 Å². The highest BCUT2D eigenvalue weighted by molar-refractivity contribution is 5.66. The van der Waals surface area contributed by atoms with Gasteiger partial charge in [-0.3, -0.25) is 4.79 Å². The minimum atomic E-state index is -0.666. The lowest BCUT2D eigenvalue weighted by Gasteiger charge is -1.97. The van der Waals surface area contributed by atoms with Gasteiger partial charge in [-0.1, -0.05) is 78.1 Å². The predicted octanol–water partition coefficient (Wildman–Crippen LogP) is 5.13. The van der Waals surface area contributed by atoms with Gasteiger partial charge in [0.25, 0.3) is 0 Å². The fourth-order valence-electron chi connectivity index (χ4n) is 1.98. The normalized spacial score (nSPS) is 9.95. The fraction of sp³-hybridized carbons (Fsp3) is 0.941. The first-order valence-electron chi connectivity index (χ1n) is 8.60. The molecule has 0 aliphatic heterocycles. The Kier molecular flexibility index (Phi) is 22.5. The van der Waals surface area contributed by atoms with Gasteiger partial charge in [0, 0.05) is 6.42 Å². The molecule has 0 rings (SSSR count). The van der Waals surface area contributed by atoms with Crippen molar-refractivity contribution < 1.29 is 9.90 Å². The molecule has 0 aliphatic rings. The number of hydrogen-bond acceptors (Lipinski definition) is 2. The molecule has 0 radical (unpaired) electrons. The van der Waals surface area contributed by atoms with Crippen LogP contribution in [0.25, 0.3) is 0 Å². The number of hydrogen-bond donors (Lipinski definition) is 2. The number of nitrogens with two attached hydrogens (primary N) is 1. The minimum Gasteiger partial charge on any atom is -0.481 e. The van der Waals surface area contributed by atoms with Gasteiger partial charge in [0.05, 0.1) is 0 Å². The standard InChI is InChI=1S/C9H18O2.C8H19N/c1-2-3-4-5-6-7-8-9(10)11;1-2-3-4-5-6-7-8-9/h2-8H2,1H3,(H,10,11);2-9H2,1H3. The minimum absolute atomic E-state index is 0.339. The zero-order chi connectivity index (χ0) is 15.5. The lowest BCUT2D eigenvalue weighted by Crippen LogP contribution is -1.97. The van der Waals surface area contributed by atoms with Crippen LogP contribution in [0.5, 0.6) is 0 Å². The van der Waals surface area contributed by atoms with Gasteiger partial charge >= 0.3 is 5.97 Å². The monoisotopic (exact) mass is 287 g/mol. The Bertz CT molecular complexity index is 178. The zero-order valence-corrected chi connectivity index (χ0v) is 13.8. The first-order chi connectivity index (χ1) is 9.68. The third kappa shape index (κ3) is 26.1. The Morgan fingerprint density at radius 2 is 1.15 bits per heavy atom. The van der Waals surface area contributed by atoms with Crippen LogP contribution in [0, 0.1) is 0 Å². The molecule has 0 aromatic carbocycles. The van der Waals surface area contributed by atoms with E-state index in [1.165, 1.54) is 64.2 Å². The van der Waals surface area contributed by atoms with E-state index in [4.69, 9.17) is 10.8 Å². The average Bonchev–Trinajstić information content (AvgIpc) is 2.43. The molecule has 0 amide bonds. The van der Waals surface area contributed by atoms with Crippen LogP contribution in [-0.4, -0.2) is 17.6 Å². The van der Waals surface area contributed by atoms with E-state index in [2.05, 4.69) is 13.8 Å². The van der Waals surface area contributed by atoms with Gasteiger partial charge in [0.1, 0.15) is 0 Å². The summed E-state index contributed by atoms with van der Waals surface area (Å²) in [4.78, 5) is 10.1. The van der Waals surface area contributed by atoms with Crippen molar-refractivity contribution in [2.75, 3.05) is 6.54 Å². The van der Waals surface area contributed by atoms with E-state index in [1.54, 1.807) is 0 Å². The summed E-state index contributed by atoms with van der Waals surface area (Å²) in [5.74, 6) is -0.666. The van der Waals surface area contributed by atoms with Crippen LogP contribution in [0.4, 0.5) is 0 Å². The third-order valence-electron chi connectivity index (χ3n) is 3.30. The smallest absolute Gasteiger partial charge is 0.303 e. The molecule has 0 aromatic heterocycles. The van der Waals surface area contributed by atoms with E-state index in [0.717, 1.165) is 19.4 Å². The SMILES string of the molecule is CCCCCCCCC(=O)O.CCCCCCCCN. The third-order valence-corrected chi connectivity index (χ3v) is 3.30. The van der Waals surface area contributed by atoms with Gasteiger partial charge in [-0.25, -0.2) is 0 Å². The molecule has 122 valence electrons. The van der Waals surface area contributed by atoms with E-state index < -0.39 is 5.97 Å². The van der Waals surface area contributed by atoms with Gasteiger partial charge in [-0.05, 0) is 19.4 Å². The molecule has 0 saturated heterocycles. The second kappa shape index (κ2) is 20.7. The van der Waals surface area contributed by atoms with E-state index in [9.17, 15) is 4.79 Å². The molecule has 0 aromatic rings. The van der Waals surface area contributed by atoms with Crippen LogP contribution < -0.4 is 5.73 Å². The molecule has 0 heterocycles. The lowest BCUT2D eigenvalue weighted by atomic mass is 10.1. The van der Waals surface area contributed by atoms with Crippen molar-refractivity contribution >= 4 is 5.97 Å². The van der Waals surface area contributed by atoms with Crippen molar-refractivity contribution in [3.8, 4) is 0 Å². The molecule has 0 fully saturated rings. The highest BCUT2D eigenvalue weighted by atomic mass is 16.4. The average molecular weight is 287 g/mol. The van der Waals surface area contributed by atoms with Crippen molar-refractivity contribution in [3.63, 3.8) is 0 Å². The summed E-state index contributed by atoms with van der Waals surface area (Å²) in [5, 5.41) is 8.32. The number of carbonyl (C=O) groups is 1. The van der Waals surface area contributed by atoms with Gasteiger partial charge in [0.2, 0.25) is 0 Å². The maximum Gasteiger partial charge on any atom is 0.303 e. The van der Waals surface area contributed by atoms with Crippen LogP contribution in [0.3, 0.4) is 0 Å². The number of carboxylic acids is 1. The molecule has 3 N–H and O–H groups in total. The summed E-state index contributed by atoms with van der Waals surface area (Å²) in [6.45, 7) is 5.28. The highest BCUT2D eigenvalue weighted by Gasteiger charge is 1.95. The number of aliphatic carboxylic acids is 1. The quantitative estimate of drug-likeness (QED) is 0.462. The summed E-state index contributed by atoms with van der Waals surface area (Å²) in [6, 6.07) is 0. The molecule has 0 saturated carbocycles. The molecule has 20 heavy (non-hydrogen) atoms. The molecular weight excluding hydrogens is 250 g/mol. The van der Waals surface area contributed by atoms with Gasteiger partial charge < -0.3 is 10.8 Å². The van der Waals surface area contributed by atoms with Gasteiger partial charge in [-0.2, -0.15) is 0 Å². The maximum absolute atomic E-state index is 10.1. The molecule has 0 spiro atoms. The van der Waals surface area contributed by atoms with Crippen LogP contribution in [0.1, 0.15) is 97.3 Å². The number of unbranched alkanes of at least 4 members (excludes halogenated alkanes) is 10. The summed E-state index contributed by atoms with van der Waals surface area (Å²) < 4.78 is 0. The predicted molar refractivity (Wildman–Crippen MR) is 88.1 cm³/mol. The van der Waals surface area contributed by atoms with Crippen molar-refractivity contribution in [2.45, 2.75) is 97.3 Å². The molecular formula is C17H37NO2. The van der Waals surface area contributed by atoms with E-state index in [1.807, 2.05) is 0 Å². The topological polar surface area (TPSA) is 63.3 Å². The van der Waals surface area contributed by atoms with Crippen LogP contribution in [0.2, 0.25) is 0 Å². The largest absolute Gasteiger partial charge is 0.481 e. The lowest BCUT2D eigenvalue weighted by molar-refractivity contribution is -0.137. The zero-order valence-electron chi connectivity index (χ0n) is 13.8. The number of carboxylic acid groups (broad SMARTS) is 1. The first-order valence-corrected chi connectivity index (χ1v) is 8.60. The molecule has 3 heteroatoms. The van der Waals surface area contributed by atoms with Crippen LogP contribution >= 0.6 is 0 Å². The van der Waals surface area contributed by atoms with Crippen molar-refractivity contribution in [2.24, 2.45) is 5.73 Å². The second-order valence-corrected chi connectivity index (χ2v) is 5.47. The summed E-state index contributed by atoms with van der Waals surface area (Å²) in [7, 11) is 0. The summed E-state index contributed by atoms with van der Waals surface area (Å²) in [5.41, 5.74) is 5.34. The Balaban J connectivity index is 0. The highest BCUT2D eigenvalue weighted by Crippen LogP contribution is 2.06. The number of rotatable bonds is 13. The van der Waals surface area contributed by atoms with Crippen LogP contribution in [-0.2, 0) is 4.79 Å². The first kappa shape index (κ1) is 21.7. The summed E-state index contributed by atoms with van der Waals surface area (Å²) in [6.07, 6.45) is 15.3. The summed E-state index contributed by atoms with van der Waals surface area (Å²) >= 11 is 0. The molecule has 3 nitrogen and oxygen atoms in total. The van der Waals surface area contributed by atoms with Crippen molar-refractivity contribution in [3.05, 3.63) is 0 Å². The van der Waals surface area contributed by atoms with E-state index >= 15 is 0 Å². The van der Waals surface area contributed by atoms with Crippen molar-refractivity contribution in [1.29, 1.82) is 0 Å². The Labute approximate surface area is 126 Å².